The number of alkyl halides is 1. The summed E-state index contributed by atoms with van der Waals surface area (Å²) in [5, 5.41) is 2.73. The van der Waals surface area contributed by atoms with Crippen molar-refractivity contribution in [1.29, 1.82) is 0 Å². The first-order chi connectivity index (χ1) is 5.45. The van der Waals surface area contributed by atoms with E-state index in [1.165, 1.54) is 0 Å². The monoisotopic (exact) mass is 192 g/mol. The lowest BCUT2D eigenvalue weighted by atomic mass is 10.1. The first kappa shape index (κ1) is 11.7. The zero-order chi connectivity index (χ0) is 9.61. The summed E-state index contributed by atoms with van der Waals surface area (Å²) >= 11 is 5.43. The van der Waals surface area contributed by atoms with Crippen LogP contribution in [0.4, 0.5) is 0 Å². The van der Waals surface area contributed by atoms with E-state index in [1.54, 1.807) is 0 Å². The Labute approximate surface area is 78.6 Å². The van der Waals surface area contributed by atoms with Crippen LogP contribution in [0.15, 0.2) is 0 Å². The molecule has 0 aliphatic carbocycles. The van der Waals surface area contributed by atoms with Crippen LogP contribution >= 0.6 is 11.6 Å². The minimum absolute atomic E-state index is 0.0224. The van der Waals surface area contributed by atoms with Gasteiger partial charge in [-0.1, -0.05) is 0 Å². The number of halogens is 1. The maximum Gasteiger partial charge on any atom is 0.220 e. The zero-order valence-corrected chi connectivity index (χ0v) is 8.45. The second-order valence-corrected chi connectivity index (χ2v) is 3.94. The van der Waals surface area contributed by atoms with Gasteiger partial charge in [0.05, 0.1) is 0 Å². The second kappa shape index (κ2) is 5.38. The topological polar surface area (TPSA) is 55.1 Å². The fourth-order valence-electron chi connectivity index (χ4n) is 0.642. The minimum atomic E-state index is -0.337. The van der Waals surface area contributed by atoms with Gasteiger partial charge in [-0.2, -0.15) is 0 Å². The van der Waals surface area contributed by atoms with Crippen molar-refractivity contribution in [1.82, 2.24) is 5.32 Å². The van der Waals surface area contributed by atoms with Gasteiger partial charge in [0.1, 0.15) is 0 Å². The molecule has 0 heterocycles. The molecule has 0 radical (unpaired) electrons. The highest BCUT2D eigenvalue weighted by molar-refractivity contribution is 6.17. The molecule has 0 aromatic rings. The molecule has 0 aromatic carbocycles. The molecule has 0 aliphatic heterocycles. The number of carbonyl (C=O) groups is 1. The van der Waals surface area contributed by atoms with Gasteiger partial charge in [0.15, 0.2) is 0 Å². The highest BCUT2D eigenvalue weighted by atomic mass is 35.5. The molecular formula is C8H17ClN2O. The van der Waals surface area contributed by atoms with Crippen LogP contribution in [-0.4, -0.2) is 23.9 Å². The summed E-state index contributed by atoms with van der Waals surface area (Å²) in [5.41, 5.74) is 5.33. The summed E-state index contributed by atoms with van der Waals surface area (Å²) in [5.74, 6) is 0.550. The minimum Gasteiger partial charge on any atom is -0.354 e. The van der Waals surface area contributed by atoms with Gasteiger partial charge in [-0.05, 0) is 20.3 Å². The molecule has 0 aliphatic rings. The molecule has 0 aromatic heterocycles. The standard InChI is InChI=1S/C8H17ClN2O/c1-8(2,10)6-11-7(12)4-3-5-9/h3-6,10H2,1-2H3,(H,11,12). The van der Waals surface area contributed by atoms with Gasteiger partial charge < -0.3 is 11.1 Å². The Bertz CT molecular complexity index is 142. The number of nitrogens with two attached hydrogens (primary N) is 1. The van der Waals surface area contributed by atoms with E-state index in [0.29, 0.717) is 18.8 Å². The molecule has 72 valence electrons. The molecule has 0 spiro atoms. The molecule has 0 bridgehead atoms. The quantitative estimate of drug-likeness (QED) is 0.635. The Balaban J connectivity index is 3.44. The van der Waals surface area contributed by atoms with E-state index < -0.39 is 0 Å². The van der Waals surface area contributed by atoms with Gasteiger partial charge in [0.2, 0.25) is 5.91 Å². The van der Waals surface area contributed by atoms with Gasteiger partial charge in [0, 0.05) is 24.4 Å². The summed E-state index contributed by atoms with van der Waals surface area (Å²) in [6.45, 7) is 4.25. The van der Waals surface area contributed by atoms with Crippen molar-refractivity contribution >= 4 is 17.5 Å². The van der Waals surface area contributed by atoms with Crippen LogP contribution in [0.25, 0.3) is 0 Å². The van der Waals surface area contributed by atoms with Gasteiger partial charge in [-0.15, -0.1) is 11.6 Å². The van der Waals surface area contributed by atoms with E-state index >= 15 is 0 Å². The molecule has 3 N–H and O–H groups in total. The van der Waals surface area contributed by atoms with E-state index in [0.717, 1.165) is 6.42 Å². The van der Waals surface area contributed by atoms with Crippen LogP contribution in [-0.2, 0) is 4.79 Å². The third-order valence-corrected chi connectivity index (χ3v) is 1.55. The van der Waals surface area contributed by atoms with E-state index in [2.05, 4.69) is 5.32 Å². The van der Waals surface area contributed by atoms with E-state index in [-0.39, 0.29) is 11.4 Å². The molecule has 4 heteroatoms. The molecule has 0 rings (SSSR count). The van der Waals surface area contributed by atoms with Crippen LogP contribution in [0, 0.1) is 0 Å². The third-order valence-electron chi connectivity index (χ3n) is 1.28. The van der Waals surface area contributed by atoms with Gasteiger partial charge in [-0.3, -0.25) is 4.79 Å². The van der Waals surface area contributed by atoms with Gasteiger partial charge in [0.25, 0.3) is 0 Å². The highest BCUT2D eigenvalue weighted by Gasteiger charge is 2.11. The molecular weight excluding hydrogens is 176 g/mol. The fraction of sp³-hybridized carbons (Fsp3) is 0.875. The maximum absolute atomic E-state index is 11.0. The van der Waals surface area contributed by atoms with Crippen LogP contribution < -0.4 is 11.1 Å². The van der Waals surface area contributed by atoms with Crippen molar-refractivity contribution in [2.75, 3.05) is 12.4 Å². The summed E-state index contributed by atoms with van der Waals surface area (Å²) in [4.78, 5) is 11.0. The summed E-state index contributed by atoms with van der Waals surface area (Å²) in [6.07, 6.45) is 1.21. The maximum atomic E-state index is 11.0. The predicted octanol–water partition coefficient (Wildman–Crippen LogP) is 0.859. The zero-order valence-electron chi connectivity index (χ0n) is 7.69. The average Bonchev–Trinajstić information content (AvgIpc) is 1.95. The summed E-state index contributed by atoms with van der Waals surface area (Å²) in [6, 6.07) is 0. The van der Waals surface area contributed by atoms with Crippen molar-refractivity contribution in [2.24, 2.45) is 5.73 Å². The summed E-state index contributed by atoms with van der Waals surface area (Å²) in [7, 11) is 0. The Morgan fingerprint density at radius 1 is 1.58 bits per heavy atom. The Morgan fingerprint density at radius 3 is 2.58 bits per heavy atom. The van der Waals surface area contributed by atoms with Crippen molar-refractivity contribution < 1.29 is 4.79 Å². The smallest absolute Gasteiger partial charge is 0.220 e. The number of rotatable bonds is 5. The number of amides is 1. The Hall–Kier alpha value is -0.280. The van der Waals surface area contributed by atoms with Crippen LogP contribution in [0.3, 0.4) is 0 Å². The normalized spacial score (nSPS) is 11.3. The van der Waals surface area contributed by atoms with E-state index in [4.69, 9.17) is 17.3 Å². The highest BCUT2D eigenvalue weighted by Crippen LogP contribution is 1.95. The summed E-state index contributed by atoms with van der Waals surface area (Å²) < 4.78 is 0. The predicted molar refractivity (Wildman–Crippen MR) is 51.2 cm³/mol. The number of nitrogens with one attached hydrogen (secondary N) is 1. The lowest BCUT2D eigenvalue weighted by Crippen LogP contribution is -2.45. The average molecular weight is 193 g/mol. The SMILES string of the molecule is CC(C)(N)CNC(=O)CCCCl. The molecule has 0 atom stereocenters. The lowest BCUT2D eigenvalue weighted by molar-refractivity contribution is -0.121. The van der Waals surface area contributed by atoms with Crippen LogP contribution in [0.5, 0.6) is 0 Å². The number of hydrogen-bond donors (Lipinski definition) is 2. The third kappa shape index (κ3) is 7.82. The molecule has 0 unspecified atom stereocenters. The van der Waals surface area contributed by atoms with Crippen LogP contribution in [0.1, 0.15) is 26.7 Å². The van der Waals surface area contributed by atoms with Crippen LogP contribution in [0.2, 0.25) is 0 Å². The molecule has 0 fully saturated rings. The van der Waals surface area contributed by atoms with Crippen molar-refractivity contribution in [3.8, 4) is 0 Å². The van der Waals surface area contributed by atoms with E-state index in [1.807, 2.05) is 13.8 Å². The Kier molecular flexibility index (Phi) is 5.25. The van der Waals surface area contributed by atoms with Crippen molar-refractivity contribution in [3.63, 3.8) is 0 Å². The number of carbonyl (C=O) groups excluding carboxylic acids is 1. The first-order valence-corrected chi connectivity index (χ1v) is 4.61. The molecule has 0 saturated heterocycles. The van der Waals surface area contributed by atoms with Crippen molar-refractivity contribution in [3.05, 3.63) is 0 Å². The molecule has 3 nitrogen and oxygen atoms in total. The largest absolute Gasteiger partial charge is 0.354 e. The van der Waals surface area contributed by atoms with E-state index in [9.17, 15) is 4.79 Å². The number of hydrogen-bond acceptors (Lipinski definition) is 2. The fourth-order valence-corrected chi connectivity index (χ4v) is 0.776. The Morgan fingerprint density at radius 2 is 2.17 bits per heavy atom. The lowest BCUT2D eigenvalue weighted by Gasteiger charge is -2.18. The van der Waals surface area contributed by atoms with Gasteiger partial charge in [-0.25, -0.2) is 0 Å². The molecule has 1 amide bonds. The van der Waals surface area contributed by atoms with Gasteiger partial charge >= 0.3 is 0 Å². The molecule has 0 saturated carbocycles. The molecule has 12 heavy (non-hydrogen) atoms. The second-order valence-electron chi connectivity index (χ2n) is 3.56. The van der Waals surface area contributed by atoms with Crippen molar-refractivity contribution in [2.45, 2.75) is 32.2 Å². The first-order valence-electron chi connectivity index (χ1n) is 4.07.